The van der Waals surface area contributed by atoms with Crippen molar-refractivity contribution in [3.8, 4) is 0 Å². The van der Waals surface area contributed by atoms with E-state index < -0.39 is 24.9 Å². The topological polar surface area (TPSA) is 129 Å². The second kappa shape index (κ2) is 41.4. The maximum absolute atomic E-state index is 13.4. The fourth-order valence-electron chi connectivity index (χ4n) is 6.53. The van der Waals surface area contributed by atoms with Gasteiger partial charge in [0, 0.05) is 26.1 Å². The number of aliphatic hydroxyl groups excluding tert-OH is 4. The Morgan fingerprint density at radius 2 is 0.885 bits per heavy atom. The summed E-state index contributed by atoms with van der Waals surface area (Å²) in [5.41, 5.74) is 0. The van der Waals surface area contributed by atoms with E-state index in [-0.39, 0.29) is 32.3 Å². The number of ether oxygens (including phenoxy) is 3. The second-order valence-electron chi connectivity index (χ2n) is 15.2. The highest BCUT2D eigenvalue weighted by Gasteiger charge is 2.21. The molecule has 0 fully saturated rings. The van der Waals surface area contributed by atoms with Crippen LogP contribution < -0.4 is 0 Å². The first kappa shape index (κ1) is 51.2. The number of hydrogen-bond acceptors (Lipinski definition) is 8. The summed E-state index contributed by atoms with van der Waals surface area (Å²) >= 11 is 0. The third-order valence-corrected chi connectivity index (χ3v) is 9.98. The van der Waals surface area contributed by atoms with Crippen molar-refractivity contribution in [1.29, 1.82) is 0 Å². The van der Waals surface area contributed by atoms with Gasteiger partial charge in [-0.25, -0.2) is 0 Å². The monoisotopic (exact) mass is 746 g/mol. The predicted molar refractivity (Wildman–Crippen MR) is 215 cm³/mol. The smallest absolute Gasteiger partial charge is 0.222 e. The van der Waals surface area contributed by atoms with E-state index >= 15 is 0 Å². The van der Waals surface area contributed by atoms with Gasteiger partial charge in [0.05, 0.1) is 45.7 Å². The number of unbranched alkanes of at least 4 members (excludes halogenated alkanes) is 25. The molecule has 3 unspecified atom stereocenters. The maximum atomic E-state index is 13.4. The number of nitrogens with zero attached hydrogens (tertiary/aromatic N) is 1. The molecule has 0 aromatic carbocycles. The summed E-state index contributed by atoms with van der Waals surface area (Å²) in [6.07, 6.45) is 32.6. The summed E-state index contributed by atoms with van der Waals surface area (Å²) in [5.74, 6) is 0.0256. The van der Waals surface area contributed by atoms with Gasteiger partial charge < -0.3 is 39.5 Å². The molecule has 1 amide bonds. The quantitative estimate of drug-likeness (QED) is 0.0456. The van der Waals surface area contributed by atoms with Gasteiger partial charge in [0.25, 0.3) is 0 Å². The van der Waals surface area contributed by atoms with Gasteiger partial charge in [-0.05, 0) is 12.8 Å². The van der Waals surface area contributed by atoms with Gasteiger partial charge in [0.1, 0.15) is 12.2 Å². The Morgan fingerprint density at radius 1 is 0.500 bits per heavy atom. The van der Waals surface area contributed by atoms with Crippen LogP contribution in [-0.2, 0) is 19.0 Å². The van der Waals surface area contributed by atoms with Crippen molar-refractivity contribution < 1.29 is 39.4 Å². The standard InChI is InChI=1S/C43H87NO8/c1-3-5-7-9-11-13-15-17-19-21-23-25-27-29-32-50-39-42(52-38-41(48)36-46)34-44(31-33-51-37-40(47)35-45)43(49)30-28-26-24-22-20-18-16-14-12-10-8-6-4-2/h40-42,45-48H,3-39H2,1-2H3. The van der Waals surface area contributed by atoms with E-state index in [4.69, 9.17) is 19.3 Å². The SMILES string of the molecule is CCCCCCCCCCCCCCCCOCC(CN(CCOCC(O)CO)C(=O)CCCCCCCCCCCCCCC)OCC(O)CO. The first-order chi connectivity index (χ1) is 25.5. The molecule has 0 aliphatic rings. The average Bonchev–Trinajstić information content (AvgIpc) is 3.15. The fraction of sp³-hybridized carbons (Fsp3) is 0.977. The largest absolute Gasteiger partial charge is 0.394 e. The first-order valence-electron chi connectivity index (χ1n) is 22.1. The summed E-state index contributed by atoms with van der Waals surface area (Å²) < 4.78 is 17.5. The van der Waals surface area contributed by atoms with Gasteiger partial charge in [-0.1, -0.05) is 174 Å². The lowest BCUT2D eigenvalue weighted by molar-refractivity contribution is -0.136. The Morgan fingerprint density at radius 3 is 1.33 bits per heavy atom. The van der Waals surface area contributed by atoms with Crippen molar-refractivity contribution in [3.05, 3.63) is 0 Å². The summed E-state index contributed by atoms with van der Waals surface area (Å²) in [6, 6.07) is 0. The van der Waals surface area contributed by atoms with Crippen molar-refractivity contribution in [1.82, 2.24) is 4.90 Å². The average molecular weight is 746 g/mol. The number of amides is 1. The highest BCUT2D eigenvalue weighted by molar-refractivity contribution is 5.76. The lowest BCUT2D eigenvalue weighted by Crippen LogP contribution is -2.43. The molecule has 0 saturated carbocycles. The predicted octanol–water partition coefficient (Wildman–Crippen LogP) is 8.90. The number of carbonyl (C=O) groups excluding carboxylic acids is 1. The van der Waals surface area contributed by atoms with Crippen LogP contribution in [0.25, 0.3) is 0 Å². The Bertz CT molecular complexity index is 715. The summed E-state index contributed by atoms with van der Waals surface area (Å²) in [4.78, 5) is 15.1. The Balaban J connectivity index is 4.53. The summed E-state index contributed by atoms with van der Waals surface area (Å²) in [7, 11) is 0. The van der Waals surface area contributed by atoms with Crippen molar-refractivity contribution in [2.45, 2.75) is 212 Å². The van der Waals surface area contributed by atoms with Gasteiger partial charge in [-0.3, -0.25) is 4.79 Å². The molecule has 0 saturated heterocycles. The van der Waals surface area contributed by atoms with E-state index in [1.165, 1.54) is 141 Å². The molecule has 0 aliphatic carbocycles. The zero-order chi connectivity index (χ0) is 38.2. The van der Waals surface area contributed by atoms with Crippen LogP contribution >= 0.6 is 0 Å². The Labute approximate surface area is 321 Å². The molecule has 0 aromatic rings. The van der Waals surface area contributed by atoms with E-state index in [9.17, 15) is 20.1 Å². The minimum absolute atomic E-state index is 0.00229. The molecule has 52 heavy (non-hydrogen) atoms. The van der Waals surface area contributed by atoms with Crippen molar-refractivity contribution >= 4 is 5.91 Å². The highest BCUT2D eigenvalue weighted by Crippen LogP contribution is 2.15. The van der Waals surface area contributed by atoms with Gasteiger partial charge in [-0.2, -0.15) is 0 Å². The van der Waals surface area contributed by atoms with Crippen LogP contribution in [0.4, 0.5) is 0 Å². The van der Waals surface area contributed by atoms with E-state index in [2.05, 4.69) is 13.8 Å². The van der Waals surface area contributed by atoms with Crippen LogP contribution in [0.3, 0.4) is 0 Å². The maximum Gasteiger partial charge on any atom is 0.222 e. The number of hydrogen-bond donors (Lipinski definition) is 4. The van der Waals surface area contributed by atoms with Crippen LogP contribution in [0.1, 0.15) is 194 Å². The van der Waals surface area contributed by atoms with Gasteiger partial charge in [0.15, 0.2) is 0 Å². The highest BCUT2D eigenvalue weighted by atomic mass is 16.5. The van der Waals surface area contributed by atoms with E-state index in [1.807, 2.05) is 0 Å². The summed E-state index contributed by atoms with van der Waals surface area (Å²) in [5, 5.41) is 38.0. The van der Waals surface area contributed by atoms with Crippen LogP contribution in [0, 0.1) is 0 Å². The van der Waals surface area contributed by atoms with Crippen molar-refractivity contribution in [2.24, 2.45) is 0 Å². The lowest BCUT2D eigenvalue weighted by Gasteiger charge is -2.28. The molecule has 0 aliphatic heterocycles. The molecule has 312 valence electrons. The van der Waals surface area contributed by atoms with E-state index in [1.54, 1.807) is 4.90 Å². The minimum Gasteiger partial charge on any atom is -0.394 e. The first-order valence-corrected chi connectivity index (χ1v) is 22.1. The van der Waals surface area contributed by atoms with Crippen LogP contribution in [-0.4, -0.2) is 109 Å². The molecule has 0 aromatic heterocycles. The van der Waals surface area contributed by atoms with E-state index in [0.29, 0.717) is 32.7 Å². The number of carbonyl (C=O) groups is 1. The Kier molecular flexibility index (Phi) is 40.7. The molecule has 4 N–H and O–H groups in total. The molecule has 0 bridgehead atoms. The molecule has 0 heterocycles. The molecule has 3 atom stereocenters. The number of rotatable bonds is 43. The van der Waals surface area contributed by atoms with Crippen LogP contribution in [0.15, 0.2) is 0 Å². The summed E-state index contributed by atoms with van der Waals surface area (Å²) in [6.45, 7) is 5.49. The minimum atomic E-state index is -0.994. The zero-order valence-electron chi connectivity index (χ0n) is 34.3. The van der Waals surface area contributed by atoms with Crippen molar-refractivity contribution in [2.75, 3.05) is 59.3 Å². The number of aliphatic hydroxyl groups is 4. The molecule has 9 heteroatoms. The Hall–Kier alpha value is -0.810. The second-order valence-corrected chi connectivity index (χ2v) is 15.2. The van der Waals surface area contributed by atoms with E-state index in [0.717, 1.165) is 32.1 Å². The van der Waals surface area contributed by atoms with Gasteiger partial charge >= 0.3 is 0 Å². The molecule has 0 radical (unpaired) electrons. The molecular formula is C43H87NO8. The molecule has 9 nitrogen and oxygen atoms in total. The molecule has 0 rings (SSSR count). The third-order valence-electron chi connectivity index (χ3n) is 9.98. The van der Waals surface area contributed by atoms with Crippen molar-refractivity contribution in [3.63, 3.8) is 0 Å². The molecular weight excluding hydrogens is 658 g/mol. The van der Waals surface area contributed by atoms with Crippen LogP contribution in [0.5, 0.6) is 0 Å². The van der Waals surface area contributed by atoms with Gasteiger partial charge in [0.2, 0.25) is 5.91 Å². The van der Waals surface area contributed by atoms with Crippen LogP contribution in [0.2, 0.25) is 0 Å². The lowest BCUT2D eigenvalue weighted by atomic mass is 10.0. The normalized spacial score (nSPS) is 13.4. The molecule has 0 spiro atoms. The third kappa shape index (κ3) is 36.2. The fourth-order valence-corrected chi connectivity index (χ4v) is 6.53. The van der Waals surface area contributed by atoms with Gasteiger partial charge in [-0.15, -0.1) is 0 Å². The zero-order valence-corrected chi connectivity index (χ0v) is 34.3.